The molecule has 28 heavy (non-hydrogen) atoms. The first-order valence-corrected chi connectivity index (χ1v) is 11.0. The van der Waals surface area contributed by atoms with E-state index < -0.39 is 10.1 Å². The van der Waals surface area contributed by atoms with Crippen LogP contribution in [0.2, 0.25) is 0 Å². The first-order chi connectivity index (χ1) is 13.3. The molecule has 2 aliphatic rings. The molecule has 146 valence electrons. The smallest absolute Gasteiger partial charge is 0.294 e. The Balaban J connectivity index is 0.000000178. The Morgan fingerprint density at radius 3 is 2.36 bits per heavy atom. The van der Waals surface area contributed by atoms with Crippen molar-refractivity contribution in [3.63, 3.8) is 0 Å². The third-order valence-corrected chi connectivity index (χ3v) is 6.30. The number of hydrogen-bond acceptors (Lipinski definition) is 5. The quantitative estimate of drug-likeness (QED) is 0.731. The van der Waals surface area contributed by atoms with Crippen molar-refractivity contribution in [2.24, 2.45) is 4.99 Å². The molecule has 0 unspecified atom stereocenters. The van der Waals surface area contributed by atoms with Gasteiger partial charge in [-0.2, -0.15) is 8.42 Å². The van der Waals surface area contributed by atoms with Crippen LogP contribution in [0.3, 0.4) is 0 Å². The fourth-order valence-corrected chi connectivity index (χ4v) is 4.31. The lowest BCUT2D eigenvalue weighted by Gasteiger charge is -2.10. The first-order valence-electron chi connectivity index (χ1n) is 8.62. The summed E-state index contributed by atoms with van der Waals surface area (Å²) in [5.41, 5.74) is 3.88. The standard InChI is InChI=1S/C13H13N3S.C7H8O3S/c1-16-6-7-17-12(16)8-11-9-4-2-3-5-10(9)13(14)15-11;1-6-2-4-7(5-3-6)11(8,9)10/h2-5,8,14H,6-7H2,1H3;2-5H,1H3,(H,8,9,10). The van der Waals surface area contributed by atoms with E-state index in [2.05, 4.69) is 23.0 Å². The zero-order chi connectivity index (χ0) is 20.3. The van der Waals surface area contributed by atoms with Crippen molar-refractivity contribution in [1.82, 2.24) is 4.90 Å². The van der Waals surface area contributed by atoms with Gasteiger partial charge in [-0.15, -0.1) is 11.8 Å². The molecule has 2 N–H and O–H groups in total. The molecule has 6 nitrogen and oxygen atoms in total. The van der Waals surface area contributed by atoms with E-state index >= 15 is 0 Å². The van der Waals surface area contributed by atoms with Gasteiger partial charge in [0.15, 0.2) is 5.84 Å². The molecule has 1 fully saturated rings. The highest BCUT2D eigenvalue weighted by molar-refractivity contribution is 8.03. The van der Waals surface area contributed by atoms with E-state index in [4.69, 9.17) is 9.96 Å². The summed E-state index contributed by atoms with van der Waals surface area (Å²) in [6, 6.07) is 13.9. The van der Waals surface area contributed by atoms with Crippen molar-refractivity contribution in [3.05, 3.63) is 76.3 Å². The Morgan fingerprint density at radius 2 is 1.79 bits per heavy atom. The van der Waals surface area contributed by atoms with Crippen molar-refractivity contribution in [1.29, 1.82) is 5.41 Å². The largest absolute Gasteiger partial charge is 0.369 e. The molecule has 0 radical (unpaired) electrons. The second-order valence-electron chi connectivity index (χ2n) is 6.43. The number of aryl methyl sites for hydroxylation is 1. The summed E-state index contributed by atoms with van der Waals surface area (Å²) in [5, 5.41) is 9.09. The molecule has 2 aliphatic heterocycles. The Kier molecular flexibility index (Phi) is 6.02. The fourth-order valence-electron chi connectivity index (χ4n) is 2.75. The van der Waals surface area contributed by atoms with Crippen LogP contribution < -0.4 is 0 Å². The molecule has 2 aromatic carbocycles. The Bertz CT molecular complexity index is 1060. The SMILES string of the molecule is CN1CCSC1=CC1=NC(=N)c2ccccc21.Cc1ccc(S(=O)(=O)O)cc1. The van der Waals surface area contributed by atoms with E-state index in [9.17, 15) is 8.42 Å². The van der Waals surface area contributed by atoms with Gasteiger partial charge in [-0.05, 0) is 25.1 Å². The third-order valence-electron chi connectivity index (χ3n) is 4.32. The van der Waals surface area contributed by atoms with Crippen molar-refractivity contribution >= 4 is 33.4 Å². The van der Waals surface area contributed by atoms with E-state index in [0.717, 1.165) is 34.7 Å². The molecular weight excluding hydrogens is 394 g/mol. The number of rotatable bonds is 2. The summed E-state index contributed by atoms with van der Waals surface area (Å²) < 4.78 is 29.6. The lowest BCUT2D eigenvalue weighted by atomic mass is 10.1. The van der Waals surface area contributed by atoms with Crippen LogP contribution in [0.5, 0.6) is 0 Å². The van der Waals surface area contributed by atoms with Gasteiger partial charge in [0.2, 0.25) is 0 Å². The van der Waals surface area contributed by atoms with E-state index in [0.29, 0.717) is 5.84 Å². The molecular formula is C20H21N3O3S2. The highest BCUT2D eigenvalue weighted by atomic mass is 32.2. The molecule has 8 heteroatoms. The number of fused-ring (bicyclic) bond motifs is 1. The van der Waals surface area contributed by atoms with Gasteiger partial charge in [0.25, 0.3) is 10.1 Å². The highest BCUT2D eigenvalue weighted by Gasteiger charge is 2.21. The molecule has 0 aromatic heterocycles. The normalized spacial score (nSPS) is 17.2. The lowest BCUT2D eigenvalue weighted by molar-refractivity contribution is 0.483. The van der Waals surface area contributed by atoms with Gasteiger partial charge in [0.05, 0.1) is 15.6 Å². The third kappa shape index (κ3) is 4.70. The Labute approximate surface area is 169 Å². The van der Waals surface area contributed by atoms with Crippen LogP contribution in [0.1, 0.15) is 16.7 Å². The van der Waals surface area contributed by atoms with Crippen LogP contribution in [-0.4, -0.2) is 48.8 Å². The minimum atomic E-state index is -4.02. The molecule has 2 heterocycles. The van der Waals surface area contributed by atoms with Crippen molar-refractivity contribution in [2.45, 2.75) is 11.8 Å². The summed E-state index contributed by atoms with van der Waals surface area (Å²) in [7, 11) is -1.92. The Hall–Kier alpha value is -2.42. The molecule has 2 aromatic rings. The van der Waals surface area contributed by atoms with Gasteiger partial charge in [-0.25, -0.2) is 4.99 Å². The van der Waals surface area contributed by atoms with E-state index in [-0.39, 0.29) is 4.90 Å². The summed E-state index contributed by atoms with van der Waals surface area (Å²) in [6.45, 7) is 2.93. The maximum Gasteiger partial charge on any atom is 0.294 e. The molecule has 4 rings (SSSR count). The number of hydrogen-bond donors (Lipinski definition) is 2. The number of nitrogens with one attached hydrogen (secondary N) is 1. The molecule has 0 saturated carbocycles. The molecule has 0 bridgehead atoms. The van der Waals surface area contributed by atoms with Gasteiger partial charge < -0.3 is 4.90 Å². The molecule has 0 aliphatic carbocycles. The number of benzene rings is 2. The van der Waals surface area contributed by atoms with Crippen molar-refractivity contribution < 1.29 is 13.0 Å². The summed E-state index contributed by atoms with van der Waals surface area (Å²) in [5.74, 6) is 1.51. The molecule has 0 atom stereocenters. The summed E-state index contributed by atoms with van der Waals surface area (Å²) in [4.78, 5) is 6.51. The van der Waals surface area contributed by atoms with Gasteiger partial charge in [-0.1, -0.05) is 42.0 Å². The van der Waals surface area contributed by atoms with Gasteiger partial charge in [0.1, 0.15) is 0 Å². The second kappa shape index (κ2) is 8.30. The Morgan fingerprint density at radius 1 is 1.14 bits per heavy atom. The zero-order valence-corrected chi connectivity index (χ0v) is 17.2. The van der Waals surface area contributed by atoms with Crippen molar-refractivity contribution in [2.75, 3.05) is 19.3 Å². The number of allylic oxidation sites excluding steroid dienone is 1. The van der Waals surface area contributed by atoms with Crippen LogP contribution in [0.4, 0.5) is 0 Å². The van der Waals surface area contributed by atoms with Crippen LogP contribution in [0.15, 0.2) is 69.5 Å². The summed E-state index contributed by atoms with van der Waals surface area (Å²) in [6.07, 6.45) is 2.10. The topological polar surface area (TPSA) is 93.8 Å². The predicted octanol–water partition coefficient (Wildman–Crippen LogP) is 3.58. The summed E-state index contributed by atoms with van der Waals surface area (Å²) >= 11 is 1.85. The zero-order valence-electron chi connectivity index (χ0n) is 15.6. The van der Waals surface area contributed by atoms with Crippen molar-refractivity contribution in [3.8, 4) is 0 Å². The lowest BCUT2D eigenvalue weighted by Crippen LogP contribution is -2.11. The van der Waals surface area contributed by atoms with E-state index in [1.54, 1.807) is 12.1 Å². The van der Waals surface area contributed by atoms with Gasteiger partial charge in [0, 0.05) is 30.5 Å². The van der Waals surface area contributed by atoms with Crippen LogP contribution in [0, 0.1) is 12.3 Å². The number of nitrogens with zero attached hydrogens (tertiary/aromatic N) is 2. The minimum absolute atomic E-state index is 0.0666. The first kappa shape index (κ1) is 20.3. The average Bonchev–Trinajstić information content (AvgIpc) is 3.19. The minimum Gasteiger partial charge on any atom is -0.369 e. The van der Waals surface area contributed by atoms with Gasteiger partial charge >= 0.3 is 0 Å². The second-order valence-corrected chi connectivity index (χ2v) is 8.97. The predicted molar refractivity (Wildman–Crippen MR) is 114 cm³/mol. The average molecular weight is 416 g/mol. The highest BCUT2D eigenvalue weighted by Crippen LogP contribution is 2.28. The van der Waals surface area contributed by atoms with Crippen LogP contribution >= 0.6 is 11.8 Å². The molecule has 0 amide bonds. The van der Waals surface area contributed by atoms with Crippen LogP contribution in [0.25, 0.3) is 0 Å². The number of aliphatic imine (C=N–C) groups is 1. The number of amidine groups is 1. The fraction of sp³-hybridized carbons (Fsp3) is 0.200. The maximum atomic E-state index is 10.5. The van der Waals surface area contributed by atoms with Gasteiger partial charge in [-0.3, -0.25) is 9.96 Å². The van der Waals surface area contributed by atoms with E-state index in [1.165, 1.54) is 17.2 Å². The van der Waals surface area contributed by atoms with Crippen LogP contribution in [-0.2, 0) is 10.1 Å². The monoisotopic (exact) mass is 415 g/mol. The molecule has 0 spiro atoms. The number of thioether (sulfide) groups is 1. The molecule has 1 saturated heterocycles. The van der Waals surface area contributed by atoms with E-state index in [1.807, 2.05) is 43.0 Å². The maximum absolute atomic E-state index is 10.5.